The van der Waals surface area contributed by atoms with Crippen LogP contribution in [0.4, 0.5) is 5.82 Å². The molecule has 106 valence electrons. The molecular formula is C13H16N4O2S. The summed E-state index contributed by atoms with van der Waals surface area (Å²) in [6.07, 6.45) is 4.72. The van der Waals surface area contributed by atoms with E-state index in [1.807, 2.05) is 16.0 Å². The number of imidazole rings is 1. The lowest BCUT2D eigenvalue weighted by molar-refractivity contribution is -0.131. The molecule has 0 saturated carbocycles. The predicted octanol–water partition coefficient (Wildman–Crippen LogP) is 1.25. The number of carboxylic acid groups (broad SMARTS) is 1. The number of rotatable bonds is 3. The lowest BCUT2D eigenvalue weighted by atomic mass is 10.3. The second-order valence-electron chi connectivity index (χ2n) is 4.84. The van der Waals surface area contributed by atoms with Crippen LogP contribution in [0.3, 0.4) is 0 Å². The second-order valence-corrected chi connectivity index (χ2v) is 5.71. The van der Waals surface area contributed by atoms with Gasteiger partial charge < -0.3 is 14.9 Å². The Kier molecular flexibility index (Phi) is 3.45. The molecule has 1 aliphatic heterocycles. The van der Waals surface area contributed by atoms with Crippen LogP contribution in [0.5, 0.6) is 0 Å². The molecule has 0 bridgehead atoms. The molecule has 2 aromatic rings. The summed E-state index contributed by atoms with van der Waals surface area (Å²) in [4.78, 5) is 20.8. The van der Waals surface area contributed by atoms with Gasteiger partial charge in [0.25, 0.3) is 0 Å². The minimum absolute atomic E-state index is 0.841. The number of aromatic nitrogens is 2. The Hall–Kier alpha value is -1.86. The first-order valence-corrected chi connectivity index (χ1v) is 7.33. The monoisotopic (exact) mass is 292 g/mol. The maximum absolute atomic E-state index is 10.8. The molecular weight excluding hydrogens is 276 g/mol. The van der Waals surface area contributed by atoms with E-state index < -0.39 is 5.97 Å². The van der Waals surface area contributed by atoms with Gasteiger partial charge in [0.2, 0.25) is 0 Å². The molecule has 2 aromatic heterocycles. The quantitative estimate of drug-likeness (QED) is 0.863. The molecule has 0 atom stereocenters. The number of carbonyl (C=O) groups is 1. The number of hydrogen-bond donors (Lipinski definition) is 1. The number of thiazole rings is 1. The fraction of sp³-hybridized carbons (Fsp3) is 0.385. The van der Waals surface area contributed by atoms with Crippen molar-refractivity contribution in [3.63, 3.8) is 0 Å². The van der Waals surface area contributed by atoms with Crippen molar-refractivity contribution in [2.45, 2.75) is 0 Å². The molecule has 1 saturated heterocycles. The molecule has 0 amide bonds. The van der Waals surface area contributed by atoms with Crippen LogP contribution in [-0.2, 0) is 4.79 Å². The topological polar surface area (TPSA) is 61.1 Å². The minimum Gasteiger partial charge on any atom is -0.478 e. The van der Waals surface area contributed by atoms with Crippen molar-refractivity contribution in [2.75, 3.05) is 38.1 Å². The first kappa shape index (κ1) is 13.1. The van der Waals surface area contributed by atoms with Crippen molar-refractivity contribution >= 4 is 34.2 Å². The molecule has 0 unspecified atom stereocenters. The highest BCUT2D eigenvalue weighted by molar-refractivity contribution is 7.15. The van der Waals surface area contributed by atoms with E-state index in [1.165, 1.54) is 6.08 Å². The van der Waals surface area contributed by atoms with Gasteiger partial charge in [-0.3, -0.25) is 4.40 Å². The number of aliphatic carboxylic acids is 1. The van der Waals surface area contributed by atoms with E-state index in [0.29, 0.717) is 0 Å². The lowest BCUT2D eigenvalue weighted by Crippen LogP contribution is -2.44. The lowest BCUT2D eigenvalue weighted by Gasteiger charge is -2.32. The van der Waals surface area contributed by atoms with E-state index in [-0.39, 0.29) is 0 Å². The summed E-state index contributed by atoms with van der Waals surface area (Å²) >= 11 is 1.55. The van der Waals surface area contributed by atoms with Gasteiger partial charge in [-0.15, -0.1) is 11.3 Å². The SMILES string of the molecule is CN1CCN(c2nc3sccn3c2/C=C/C(=O)O)CC1. The summed E-state index contributed by atoms with van der Waals surface area (Å²) in [6.45, 7) is 3.81. The normalized spacial score (nSPS) is 17.4. The molecule has 20 heavy (non-hydrogen) atoms. The minimum atomic E-state index is -0.945. The standard InChI is InChI=1S/C13H16N4O2S/c1-15-4-6-16(7-5-15)12-10(2-3-11(18)19)17-8-9-20-13(17)14-12/h2-3,8-9H,4-7H2,1H3,(H,18,19)/b3-2+. The van der Waals surface area contributed by atoms with Crippen molar-refractivity contribution in [3.05, 3.63) is 23.3 Å². The smallest absolute Gasteiger partial charge is 0.328 e. The summed E-state index contributed by atoms with van der Waals surface area (Å²) in [7, 11) is 2.11. The highest BCUT2D eigenvalue weighted by Crippen LogP contribution is 2.26. The number of carboxylic acids is 1. The summed E-state index contributed by atoms with van der Waals surface area (Å²) in [5.74, 6) is -0.0676. The van der Waals surface area contributed by atoms with Gasteiger partial charge in [-0.2, -0.15) is 0 Å². The average Bonchev–Trinajstić information content (AvgIpc) is 2.98. The summed E-state index contributed by atoms with van der Waals surface area (Å²) in [5.41, 5.74) is 0.841. The van der Waals surface area contributed by atoms with Crippen molar-refractivity contribution in [2.24, 2.45) is 0 Å². The Morgan fingerprint density at radius 1 is 1.40 bits per heavy atom. The van der Waals surface area contributed by atoms with Crippen LogP contribution in [0.2, 0.25) is 0 Å². The van der Waals surface area contributed by atoms with Gasteiger partial charge in [0.05, 0.1) is 5.69 Å². The van der Waals surface area contributed by atoms with Gasteiger partial charge in [-0.1, -0.05) is 0 Å². The van der Waals surface area contributed by atoms with Crippen molar-refractivity contribution < 1.29 is 9.90 Å². The van der Waals surface area contributed by atoms with Crippen molar-refractivity contribution in [3.8, 4) is 0 Å². The average molecular weight is 292 g/mol. The van der Waals surface area contributed by atoms with Crippen LogP contribution in [0.25, 0.3) is 11.0 Å². The number of nitrogens with zero attached hydrogens (tertiary/aromatic N) is 4. The number of piperazine rings is 1. The molecule has 0 spiro atoms. The molecule has 3 heterocycles. The van der Waals surface area contributed by atoms with Crippen LogP contribution < -0.4 is 4.90 Å². The fourth-order valence-corrected chi connectivity index (χ4v) is 3.06. The first-order chi connectivity index (χ1) is 9.65. The van der Waals surface area contributed by atoms with E-state index in [1.54, 1.807) is 17.4 Å². The van der Waals surface area contributed by atoms with Crippen LogP contribution in [-0.4, -0.2) is 58.6 Å². The first-order valence-electron chi connectivity index (χ1n) is 6.45. The van der Waals surface area contributed by atoms with E-state index in [2.05, 4.69) is 21.8 Å². The third-order valence-corrected chi connectivity index (χ3v) is 4.22. The fourth-order valence-electron chi connectivity index (χ4n) is 2.35. The molecule has 3 rings (SSSR count). The highest BCUT2D eigenvalue weighted by atomic mass is 32.1. The third-order valence-electron chi connectivity index (χ3n) is 3.47. The Morgan fingerprint density at radius 3 is 2.85 bits per heavy atom. The maximum atomic E-state index is 10.8. The Morgan fingerprint density at radius 2 is 2.15 bits per heavy atom. The Labute approximate surface area is 120 Å². The molecule has 1 N–H and O–H groups in total. The van der Waals surface area contributed by atoms with Crippen LogP contribution in [0.15, 0.2) is 17.7 Å². The van der Waals surface area contributed by atoms with E-state index in [0.717, 1.165) is 42.7 Å². The highest BCUT2D eigenvalue weighted by Gasteiger charge is 2.21. The summed E-state index contributed by atoms with van der Waals surface area (Å²) in [5, 5.41) is 10.8. The number of anilines is 1. The number of hydrogen-bond acceptors (Lipinski definition) is 5. The predicted molar refractivity (Wildman–Crippen MR) is 79.4 cm³/mol. The van der Waals surface area contributed by atoms with Crippen LogP contribution in [0.1, 0.15) is 5.69 Å². The zero-order valence-corrected chi connectivity index (χ0v) is 12.0. The summed E-state index contributed by atoms with van der Waals surface area (Å²) < 4.78 is 1.94. The van der Waals surface area contributed by atoms with Crippen LogP contribution in [0, 0.1) is 0 Å². The van der Waals surface area contributed by atoms with Gasteiger partial charge in [0, 0.05) is 43.8 Å². The van der Waals surface area contributed by atoms with E-state index in [4.69, 9.17) is 5.11 Å². The van der Waals surface area contributed by atoms with Gasteiger partial charge in [0.15, 0.2) is 10.8 Å². The largest absolute Gasteiger partial charge is 0.478 e. The second kappa shape index (κ2) is 5.26. The van der Waals surface area contributed by atoms with Gasteiger partial charge in [0.1, 0.15) is 0 Å². The molecule has 1 fully saturated rings. The maximum Gasteiger partial charge on any atom is 0.328 e. The molecule has 7 heteroatoms. The third kappa shape index (κ3) is 2.41. The van der Waals surface area contributed by atoms with Crippen molar-refractivity contribution in [1.82, 2.24) is 14.3 Å². The molecule has 0 aromatic carbocycles. The van der Waals surface area contributed by atoms with E-state index >= 15 is 0 Å². The molecule has 1 aliphatic rings. The molecule has 6 nitrogen and oxygen atoms in total. The molecule has 0 aliphatic carbocycles. The molecule has 0 radical (unpaired) electrons. The summed E-state index contributed by atoms with van der Waals surface area (Å²) in [6, 6.07) is 0. The zero-order valence-electron chi connectivity index (χ0n) is 11.2. The van der Waals surface area contributed by atoms with Crippen molar-refractivity contribution in [1.29, 1.82) is 0 Å². The van der Waals surface area contributed by atoms with Gasteiger partial charge >= 0.3 is 5.97 Å². The zero-order chi connectivity index (χ0) is 14.1. The van der Waals surface area contributed by atoms with Gasteiger partial charge in [-0.05, 0) is 13.1 Å². The van der Waals surface area contributed by atoms with E-state index in [9.17, 15) is 4.79 Å². The van der Waals surface area contributed by atoms with Gasteiger partial charge in [-0.25, -0.2) is 9.78 Å². The Bertz CT molecular complexity index is 652. The van der Waals surface area contributed by atoms with Crippen LogP contribution >= 0.6 is 11.3 Å². The Balaban J connectivity index is 1.98. The number of likely N-dealkylation sites (N-methyl/N-ethyl adjacent to an activating group) is 1. The number of fused-ring (bicyclic) bond motifs is 1.